The Kier molecular flexibility index (Phi) is 4.97. The lowest BCUT2D eigenvalue weighted by atomic mass is 10.2. The number of benzene rings is 1. The van der Waals surface area contributed by atoms with E-state index in [1.54, 1.807) is 0 Å². The minimum Gasteiger partial charge on any atom is -0.423 e. The molecule has 8 heteroatoms. The minimum absolute atomic E-state index is 1.03. The summed E-state index contributed by atoms with van der Waals surface area (Å²) < 4.78 is 24.4. The van der Waals surface area contributed by atoms with Crippen molar-refractivity contribution in [3.8, 4) is 0 Å². The second kappa shape index (κ2) is 6.20. The van der Waals surface area contributed by atoms with E-state index in [-0.39, 0.29) is 0 Å². The van der Waals surface area contributed by atoms with E-state index in [0.717, 1.165) is 10.8 Å². The summed E-state index contributed by atoms with van der Waals surface area (Å²) in [5.41, 5.74) is 1.10. The van der Waals surface area contributed by atoms with Gasteiger partial charge in [-0.2, -0.15) is 0 Å². The molecule has 0 saturated carbocycles. The van der Waals surface area contributed by atoms with Crippen molar-refractivity contribution in [3.63, 3.8) is 0 Å². The van der Waals surface area contributed by atoms with Gasteiger partial charge in [-0.05, 0) is 36.9 Å². The highest BCUT2D eigenvalue weighted by atomic mass is 28.5. The molecule has 0 amide bonds. The average Bonchev–Trinajstić information content (AvgIpc) is 2.36. The first-order chi connectivity index (χ1) is 9.35. The maximum Gasteiger partial charge on any atom is 0.351 e. The molecule has 0 spiro atoms. The van der Waals surface area contributed by atoms with Gasteiger partial charge in [0, 0.05) is 0 Å². The van der Waals surface area contributed by atoms with E-state index in [1.165, 1.54) is 0 Å². The fraction of sp³-hybridized carbons (Fsp3) is 0.333. The first-order valence-electron chi connectivity index (χ1n) is 6.71. The summed E-state index contributed by atoms with van der Waals surface area (Å²) in [7, 11) is -7.24. The van der Waals surface area contributed by atoms with Crippen LogP contribution >= 0.6 is 0 Å². The molecule has 1 aliphatic heterocycles. The van der Waals surface area contributed by atoms with E-state index in [0.29, 0.717) is 0 Å². The van der Waals surface area contributed by atoms with E-state index >= 15 is 0 Å². The Morgan fingerprint density at radius 3 is 2.45 bits per heavy atom. The largest absolute Gasteiger partial charge is 0.423 e. The van der Waals surface area contributed by atoms with Gasteiger partial charge < -0.3 is 16.5 Å². The first kappa shape index (κ1) is 16.0. The molecule has 1 aromatic rings. The molecular weight excluding hydrogens is 320 g/mol. The zero-order valence-corrected chi connectivity index (χ0v) is 17.1. The molecule has 2 unspecified atom stereocenters. The van der Waals surface area contributed by atoms with Crippen LogP contribution in [0.2, 0.25) is 26.2 Å². The Hall–Kier alpha value is -0.332. The molecule has 4 nitrogen and oxygen atoms in total. The van der Waals surface area contributed by atoms with Crippen LogP contribution in [0.1, 0.15) is 5.56 Å². The van der Waals surface area contributed by atoms with Gasteiger partial charge in [0.25, 0.3) is 19.3 Å². The fourth-order valence-corrected chi connectivity index (χ4v) is 15.9. The molecule has 1 aromatic carbocycles. The predicted molar refractivity (Wildman–Crippen MR) is 91.2 cm³/mol. The molecule has 2 atom stereocenters. The number of rotatable bonds is 2. The number of hydrogen-bond acceptors (Lipinski definition) is 4. The summed E-state index contributed by atoms with van der Waals surface area (Å²) >= 11 is 0. The Morgan fingerprint density at radius 2 is 1.85 bits per heavy atom. The summed E-state index contributed by atoms with van der Waals surface area (Å²) in [6, 6.07) is 8.23. The third-order valence-electron chi connectivity index (χ3n) is 3.20. The van der Waals surface area contributed by atoms with Crippen LogP contribution in [0.4, 0.5) is 0 Å². The molecule has 0 N–H and O–H groups in total. The first-order valence-corrected chi connectivity index (χ1v) is 15.1. The summed E-state index contributed by atoms with van der Waals surface area (Å²) in [6.45, 7) is 12.0. The molecule has 0 aliphatic carbocycles. The molecule has 2 rings (SSSR count). The van der Waals surface area contributed by atoms with Gasteiger partial charge in [0.05, 0.1) is 0 Å². The van der Waals surface area contributed by atoms with E-state index < -0.39 is 36.4 Å². The van der Waals surface area contributed by atoms with Crippen molar-refractivity contribution in [3.05, 3.63) is 36.4 Å². The highest BCUT2D eigenvalue weighted by molar-refractivity contribution is 6.91. The standard InChI is InChI=1S/C12H22O4Si4/c1-6-11-7-9-12(10-8-11)20(5)14-17-13-18(2)15-19(3,4)16-20/h6-10,18H,1,17H2,2-5H3. The van der Waals surface area contributed by atoms with Crippen molar-refractivity contribution in [2.24, 2.45) is 0 Å². The summed E-state index contributed by atoms with van der Waals surface area (Å²) in [6.07, 6.45) is 1.83. The molecule has 1 saturated heterocycles. The van der Waals surface area contributed by atoms with Crippen molar-refractivity contribution < 1.29 is 16.5 Å². The van der Waals surface area contributed by atoms with Crippen molar-refractivity contribution in [2.75, 3.05) is 0 Å². The summed E-state index contributed by atoms with van der Waals surface area (Å²) in [5.74, 6) is 0. The quantitative estimate of drug-likeness (QED) is 0.758. The van der Waals surface area contributed by atoms with Crippen LogP contribution in [-0.2, 0) is 16.5 Å². The highest BCUT2D eigenvalue weighted by Crippen LogP contribution is 2.20. The molecule has 1 heterocycles. The average molecular weight is 343 g/mol. The van der Waals surface area contributed by atoms with Crippen molar-refractivity contribution in [1.82, 2.24) is 0 Å². The van der Waals surface area contributed by atoms with Crippen LogP contribution in [-0.4, -0.2) is 36.4 Å². The van der Waals surface area contributed by atoms with Gasteiger partial charge in [-0.3, -0.25) is 0 Å². The summed E-state index contributed by atoms with van der Waals surface area (Å²) in [4.78, 5) is 0. The van der Waals surface area contributed by atoms with E-state index in [4.69, 9.17) is 16.5 Å². The van der Waals surface area contributed by atoms with Gasteiger partial charge in [-0.1, -0.05) is 36.9 Å². The molecule has 0 aromatic heterocycles. The smallest absolute Gasteiger partial charge is 0.351 e. The van der Waals surface area contributed by atoms with Crippen LogP contribution in [0.25, 0.3) is 6.08 Å². The Labute approximate surface area is 127 Å². The molecule has 1 aliphatic rings. The van der Waals surface area contributed by atoms with Crippen LogP contribution in [0.5, 0.6) is 0 Å². The van der Waals surface area contributed by atoms with E-state index in [1.807, 2.05) is 24.8 Å². The normalized spacial score (nSPS) is 31.5. The van der Waals surface area contributed by atoms with Gasteiger partial charge in [0.2, 0.25) is 0 Å². The summed E-state index contributed by atoms with van der Waals surface area (Å²) in [5, 5.41) is 1.12. The molecule has 20 heavy (non-hydrogen) atoms. The Morgan fingerprint density at radius 1 is 1.20 bits per heavy atom. The van der Waals surface area contributed by atoms with Crippen LogP contribution in [0.15, 0.2) is 30.8 Å². The second-order valence-corrected chi connectivity index (χ2v) is 16.3. The zero-order valence-electron chi connectivity index (χ0n) is 12.5. The topological polar surface area (TPSA) is 36.9 Å². The van der Waals surface area contributed by atoms with E-state index in [9.17, 15) is 0 Å². The van der Waals surface area contributed by atoms with Gasteiger partial charge in [-0.25, -0.2) is 0 Å². The molecule has 110 valence electrons. The third-order valence-corrected chi connectivity index (χ3v) is 16.8. The monoisotopic (exact) mass is 342 g/mol. The predicted octanol–water partition coefficient (Wildman–Crippen LogP) is 1.24. The van der Waals surface area contributed by atoms with Crippen LogP contribution in [0, 0.1) is 0 Å². The van der Waals surface area contributed by atoms with E-state index in [2.05, 4.69) is 38.4 Å². The number of hydrogen-bond donors (Lipinski definition) is 0. The maximum absolute atomic E-state index is 6.39. The SMILES string of the molecule is C=Cc1ccc([Si]2(C)O[SiH2]O[SiH](C)O[Si](C)(C)O2)cc1. The lowest BCUT2D eigenvalue weighted by Gasteiger charge is -2.39. The lowest BCUT2D eigenvalue weighted by Crippen LogP contribution is -2.61. The van der Waals surface area contributed by atoms with Crippen molar-refractivity contribution in [2.45, 2.75) is 26.2 Å². The fourth-order valence-electron chi connectivity index (χ4n) is 2.26. The van der Waals surface area contributed by atoms with Crippen molar-refractivity contribution >= 4 is 47.7 Å². The van der Waals surface area contributed by atoms with Crippen LogP contribution in [0.3, 0.4) is 0 Å². The lowest BCUT2D eigenvalue weighted by molar-refractivity contribution is 0.279. The Bertz CT molecular complexity index is 479. The Balaban J connectivity index is 2.27. The molecule has 1 fully saturated rings. The van der Waals surface area contributed by atoms with Crippen LogP contribution < -0.4 is 5.19 Å². The maximum atomic E-state index is 6.39. The molecule has 0 bridgehead atoms. The van der Waals surface area contributed by atoms with Gasteiger partial charge in [0.1, 0.15) is 0 Å². The second-order valence-electron chi connectivity index (χ2n) is 5.39. The third kappa shape index (κ3) is 3.86. The van der Waals surface area contributed by atoms with Gasteiger partial charge in [0.15, 0.2) is 0 Å². The highest BCUT2D eigenvalue weighted by Gasteiger charge is 2.44. The molecule has 0 radical (unpaired) electrons. The van der Waals surface area contributed by atoms with Gasteiger partial charge in [-0.15, -0.1) is 0 Å². The van der Waals surface area contributed by atoms with Gasteiger partial charge >= 0.3 is 17.1 Å². The minimum atomic E-state index is -2.43. The van der Waals surface area contributed by atoms with Crippen molar-refractivity contribution in [1.29, 1.82) is 0 Å². The zero-order chi connectivity index (χ0) is 14.8. The molecular formula is C12H22O4Si4.